The molecular weight excluding hydrogens is 332 g/mol. The molecule has 138 valence electrons. The van der Waals surface area contributed by atoms with Gasteiger partial charge in [0, 0.05) is 30.5 Å². The molecule has 2 fully saturated rings. The van der Waals surface area contributed by atoms with Crippen molar-refractivity contribution in [3.05, 3.63) is 35.4 Å². The van der Waals surface area contributed by atoms with Gasteiger partial charge in [0.05, 0.1) is 6.10 Å². The molecule has 25 heavy (non-hydrogen) atoms. The van der Waals surface area contributed by atoms with Crippen molar-refractivity contribution >= 4 is 11.6 Å². The molecule has 3 rings (SSSR count). The van der Waals surface area contributed by atoms with E-state index in [1.54, 1.807) is 5.54 Å². The predicted octanol–water partition coefficient (Wildman–Crippen LogP) is 5.96. The van der Waals surface area contributed by atoms with E-state index in [2.05, 4.69) is 25.4 Å². The van der Waals surface area contributed by atoms with Crippen LogP contribution in [-0.4, -0.2) is 22.7 Å². The van der Waals surface area contributed by atoms with E-state index in [4.69, 9.17) is 26.3 Å². The largest absolute Gasteiger partial charge is 0.378 e. The van der Waals surface area contributed by atoms with Crippen molar-refractivity contribution in [1.82, 2.24) is 9.97 Å². The van der Waals surface area contributed by atoms with E-state index in [0.717, 1.165) is 18.9 Å². The quantitative estimate of drug-likeness (QED) is 0.626. The second-order valence-corrected chi connectivity index (χ2v) is 7.90. The molecule has 1 heterocycles. The molecule has 0 atom stereocenters. The molecule has 2 aliphatic carbocycles. The lowest BCUT2D eigenvalue weighted by Crippen LogP contribution is -2.21. The van der Waals surface area contributed by atoms with E-state index >= 15 is 0 Å². The summed E-state index contributed by atoms with van der Waals surface area (Å²) >= 11 is 5.70. The molecule has 0 aromatic carbocycles. The molecule has 0 unspecified atom stereocenters. The first-order valence-corrected chi connectivity index (χ1v) is 10.4. The fourth-order valence-electron chi connectivity index (χ4n) is 4.29. The minimum atomic E-state index is 0.466. The average Bonchev–Trinajstić information content (AvgIpc) is 2.68. The Morgan fingerprint density at radius 1 is 1.00 bits per heavy atom. The molecule has 0 saturated heterocycles. The number of aromatic nitrogens is 2. The third-order valence-corrected chi connectivity index (χ3v) is 6.02. The van der Waals surface area contributed by atoms with Gasteiger partial charge in [0.15, 0.2) is 0 Å². The molecule has 4 heteroatoms. The Bertz CT molecular complexity index is 529. The van der Waals surface area contributed by atoms with E-state index in [0.29, 0.717) is 23.9 Å². The molecule has 1 aromatic rings. The second-order valence-electron chi connectivity index (χ2n) is 7.65. The van der Waals surface area contributed by atoms with Crippen LogP contribution in [0.4, 0.5) is 0 Å². The summed E-state index contributed by atoms with van der Waals surface area (Å²) in [6.07, 6.45) is 17.4. The van der Waals surface area contributed by atoms with Crippen LogP contribution in [0.25, 0.3) is 0 Å². The Hall–Kier alpha value is -0.930. The second kappa shape index (κ2) is 9.68. The Morgan fingerprint density at radius 2 is 1.64 bits per heavy atom. The third kappa shape index (κ3) is 5.27. The van der Waals surface area contributed by atoms with Crippen LogP contribution in [0.1, 0.15) is 87.9 Å². The van der Waals surface area contributed by atoms with E-state index in [-0.39, 0.29) is 0 Å². The lowest BCUT2D eigenvalue weighted by atomic mass is 9.81. The summed E-state index contributed by atoms with van der Waals surface area (Å²) in [4.78, 5) is 9.46. The summed E-state index contributed by atoms with van der Waals surface area (Å²) in [5, 5.41) is 0. The highest BCUT2D eigenvalue weighted by Crippen LogP contribution is 2.36. The maximum atomic E-state index is 5.90. The van der Waals surface area contributed by atoms with Crippen LogP contribution in [-0.2, 0) is 4.74 Å². The van der Waals surface area contributed by atoms with Crippen LogP contribution in [0.15, 0.2) is 24.0 Å². The predicted molar refractivity (Wildman–Crippen MR) is 103 cm³/mol. The maximum absolute atomic E-state index is 5.90. The van der Waals surface area contributed by atoms with Gasteiger partial charge in [0.2, 0.25) is 0 Å². The Kier molecular flexibility index (Phi) is 7.30. The van der Waals surface area contributed by atoms with Gasteiger partial charge in [0.25, 0.3) is 0 Å². The summed E-state index contributed by atoms with van der Waals surface area (Å²) in [6.45, 7) is 3.07. The Balaban J connectivity index is 1.50. The van der Waals surface area contributed by atoms with Gasteiger partial charge < -0.3 is 4.74 Å². The minimum Gasteiger partial charge on any atom is -0.378 e. The van der Waals surface area contributed by atoms with Gasteiger partial charge in [-0.15, -0.1) is 0 Å². The number of ether oxygens (including phenoxy) is 1. The van der Waals surface area contributed by atoms with E-state index in [1.165, 1.54) is 56.9 Å². The van der Waals surface area contributed by atoms with Gasteiger partial charge in [-0.2, -0.15) is 0 Å². The molecule has 0 aliphatic heterocycles. The standard InChI is InChI=1S/C21H31ClN2O/c1-2-13-25-20-9-7-17(8-10-20)19-14-23-21(24-15-19)18-5-3-16(4-6-18)11-12-22/h11-12,14-18,20H,2-10,13H2,1H3/b12-11+. The van der Waals surface area contributed by atoms with Gasteiger partial charge in [-0.3, -0.25) is 0 Å². The molecule has 0 spiro atoms. The summed E-state index contributed by atoms with van der Waals surface area (Å²) in [5.74, 6) is 2.81. The van der Waals surface area contributed by atoms with Crippen molar-refractivity contribution in [2.75, 3.05) is 6.61 Å². The van der Waals surface area contributed by atoms with Crippen molar-refractivity contribution in [2.24, 2.45) is 5.92 Å². The van der Waals surface area contributed by atoms with E-state index in [1.807, 2.05) is 0 Å². The van der Waals surface area contributed by atoms with Crippen LogP contribution >= 0.6 is 11.6 Å². The molecule has 1 aromatic heterocycles. The number of halogens is 1. The maximum Gasteiger partial charge on any atom is 0.131 e. The van der Waals surface area contributed by atoms with Gasteiger partial charge in [0.1, 0.15) is 5.82 Å². The number of hydrogen-bond acceptors (Lipinski definition) is 3. The monoisotopic (exact) mass is 362 g/mol. The molecule has 0 amide bonds. The number of hydrogen-bond donors (Lipinski definition) is 0. The normalized spacial score (nSPS) is 30.6. The highest BCUT2D eigenvalue weighted by molar-refractivity contribution is 6.25. The third-order valence-electron chi connectivity index (χ3n) is 5.88. The Labute approximate surface area is 157 Å². The van der Waals surface area contributed by atoms with E-state index < -0.39 is 0 Å². The van der Waals surface area contributed by atoms with Crippen LogP contribution in [0.2, 0.25) is 0 Å². The zero-order chi connectivity index (χ0) is 17.5. The van der Waals surface area contributed by atoms with Crippen molar-refractivity contribution in [3.8, 4) is 0 Å². The number of allylic oxidation sites excluding steroid dienone is 1. The van der Waals surface area contributed by atoms with Crippen molar-refractivity contribution < 1.29 is 4.74 Å². The molecule has 3 nitrogen and oxygen atoms in total. The van der Waals surface area contributed by atoms with Gasteiger partial charge >= 0.3 is 0 Å². The van der Waals surface area contributed by atoms with Crippen LogP contribution < -0.4 is 0 Å². The summed E-state index contributed by atoms with van der Waals surface area (Å²) in [5.41, 5.74) is 2.98. The van der Waals surface area contributed by atoms with Crippen molar-refractivity contribution in [3.63, 3.8) is 0 Å². The number of nitrogens with zero attached hydrogens (tertiary/aromatic N) is 2. The number of rotatable bonds is 6. The van der Waals surface area contributed by atoms with Crippen LogP contribution in [0.5, 0.6) is 0 Å². The highest BCUT2D eigenvalue weighted by atomic mass is 35.5. The van der Waals surface area contributed by atoms with E-state index in [9.17, 15) is 0 Å². The SMILES string of the molecule is CCCOC1CCC(c2cnc(C3CCC(/C=C/Cl)CC3)nc2)CC1. The summed E-state index contributed by atoms with van der Waals surface area (Å²) in [7, 11) is 0. The lowest BCUT2D eigenvalue weighted by Gasteiger charge is -2.29. The van der Waals surface area contributed by atoms with Gasteiger partial charge in [-0.05, 0) is 75.2 Å². The minimum absolute atomic E-state index is 0.466. The van der Waals surface area contributed by atoms with Gasteiger partial charge in [-0.1, -0.05) is 24.6 Å². The van der Waals surface area contributed by atoms with Crippen LogP contribution in [0, 0.1) is 5.92 Å². The smallest absolute Gasteiger partial charge is 0.131 e. The molecule has 0 bridgehead atoms. The van der Waals surface area contributed by atoms with Crippen molar-refractivity contribution in [1.29, 1.82) is 0 Å². The average molecular weight is 363 g/mol. The fourth-order valence-corrected chi connectivity index (χ4v) is 4.50. The first-order valence-electron chi connectivity index (χ1n) is 10.0. The highest BCUT2D eigenvalue weighted by Gasteiger charge is 2.25. The molecule has 2 saturated carbocycles. The molecule has 0 radical (unpaired) electrons. The molecule has 0 N–H and O–H groups in total. The zero-order valence-electron chi connectivity index (χ0n) is 15.4. The first-order chi connectivity index (χ1) is 12.3. The zero-order valence-corrected chi connectivity index (χ0v) is 16.1. The van der Waals surface area contributed by atoms with Crippen LogP contribution in [0.3, 0.4) is 0 Å². The topological polar surface area (TPSA) is 35.0 Å². The lowest BCUT2D eigenvalue weighted by molar-refractivity contribution is 0.0251. The molecular formula is C21H31ClN2O. The summed E-state index contributed by atoms with van der Waals surface area (Å²) in [6, 6.07) is 0. The summed E-state index contributed by atoms with van der Waals surface area (Å²) < 4.78 is 5.90. The molecule has 2 aliphatic rings. The van der Waals surface area contributed by atoms with Crippen molar-refractivity contribution in [2.45, 2.75) is 82.7 Å². The van der Waals surface area contributed by atoms with Gasteiger partial charge in [-0.25, -0.2) is 9.97 Å². The Morgan fingerprint density at radius 3 is 2.24 bits per heavy atom. The first kappa shape index (κ1) is 18.8. The fraction of sp³-hybridized carbons (Fsp3) is 0.714.